The van der Waals surface area contributed by atoms with Gasteiger partial charge in [0.25, 0.3) is 0 Å². The number of hydrogen-bond acceptors (Lipinski definition) is 4. The third-order valence-electron chi connectivity index (χ3n) is 6.21. The van der Waals surface area contributed by atoms with Crippen LogP contribution in [0.25, 0.3) is 0 Å². The second-order valence-corrected chi connectivity index (χ2v) is 9.39. The maximum Gasteiger partial charge on any atom is 0.248 e. The smallest absolute Gasteiger partial charge is 0.248 e. The van der Waals surface area contributed by atoms with Crippen molar-refractivity contribution in [3.8, 4) is 0 Å². The Morgan fingerprint density at radius 3 is 2.90 bits per heavy atom. The fourth-order valence-corrected chi connectivity index (χ4v) is 6.21. The third-order valence-corrected chi connectivity index (χ3v) is 7.64. The van der Waals surface area contributed by atoms with E-state index in [0.29, 0.717) is 11.6 Å². The van der Waals surface area contributed by atoms with Crippen molar-refractivity contribution in [3.05, 3.63) is 70.8 Å². The molecule has 1 spiro atoms. The van der Waals surface area contributed by atoms with Crippen LogP contribution in [-0.2, 0) is 16.1 Å². The van der Waals surface area contributed by atoms with Gasteiger partial charge < -0.3 is 5.32 Å². The summed E-state index contributed by atoms with van der Waals surface area (Å²) in [5.74, 6) is -1.26. The van der Waals surface area contributed by atoms with Gasteiger partial charge in [0.1, 0.15) is 21.5 Å². The molecular weight excluding hydrogens is 404 g/mol. The van der Waals surface area contributed by atoms with E-state index in [9.17, 15) is 13.6 Å². The van der Waals surface area contributed by atoms with Crippen LogP contribution < -0.4 is 5.32 Å². The molecule has 5 rings (SSSR count). The molecule has 2 atom stereocenters. The number of carbonyl (C=O) groups excluding carboxylic acids is 1. The van der Waals surface area contributed by atoms with E-state index in [4.69, 9.17) is 0 Å². The summed E-state index contributed by atoms with van der Waals surface area (Å²) in [6.45, 7) is 1.53. The molecule has 3 aliphatic rings. The number of hydrogen-bond donors (Lipinski definition) is 1. The summed E-state index contributed by atoms with van der Waals surface area (Å²) in [6, 6.07) is 11.5. The van der Waals surface area contributed by atoms with Crippen LogP contribution in [0.5, 0.6) is 0 Å². The first-order chi connectivity index (χ1) is 14.6. The van der Waals surface area contributed by atoms with E-state index in [0.717, 1.165) is 56.3 Å². The van der Waals surface area contributed by atoms with Gasteiger partial charge in [-0.1, -0.05) is 36.0 Å². The van der Waals surface area contributed by atoms with Gasteiger partial charge in [0, 0.05) is 12.1 Å². The molecule has 4 nitrogen and oxygen atoms in total. The maximum atomic E-state index is 14.6. The average molecular weight is 428 g/mol. The molecule has 2 aromatic carbocycles. The van der Waals surface area contributed by atoms with Crippen molar-refractivity contribution >= 4 is 22.7 Å². The van der Waals surface area contributed by atoms with Crippen LogP contribution in [-0.4, -0.2) is 29.0 Å². The average Bonchev–Trinajstić information content (AvgIpc) is 3.15. The van der Waals surface area contributed by atoms with Crippen LogP contribution >= 0.6 is 11.8 Å². The van der Waals surface area contributed by atoms with Gasteiger partial charge >= 0.3 is 0 Å². The van der Waals surface area contributed by atoms with Crippen molar-refractivity contribution in [3.63, 3.8) is 0 Å². The molecule has 0 aromatic heterocycles. The lowest BCUT2D eigenvalue weighted by molar-refractivity contribution is -0.140. The summed E-state index contributed by atoms with van der Waals surface area (Å²) in [6.07, 6.45) is 4.32. The van der Waals surface area contributed by atoms with Crippen molar-refractivity contribution in [1.82, 2.24) is 10.3 Å². The molecule has 1 amide bonds. The summed E-state index contributed by atoms with van der Waals surface area (Å²) >= 11 is 1.38. The molecule has 2 aromatic rings. The SMILES string of the molecule is O=C(C1CCCNC1)N1N=C(c2cc(F)ccc2F)SC12CCCc1ccccc12. The van der Waals surface area contributed by atoms with Gasteiger partial charge in [0.2, 0.25) is 5.91 Å². The Morgan fingerprint density at radius 2 is 2.07 bits per heavy atom. The Labute approximate surface area is 178 Å². The molecule has 30 heavy (non-hydrogen) atoms. The highest BCUT2D eigenvalue weighted by Gasteiger charge is 2.52. The number of piperidine rings is 1. The van der Waals surface area contributed by atoms with E-state index in [-0.39, 0.29) is 17.4 Å². The summed E-state index contributed by atoms with van der Waals surface area (Å²) in [5.41, 5.74) is 2.35. The number of hydrazone groups is 1. The van der Waals surface area contributed by atoms with Crippen LogP contribution in [0.15, 0.2) is 47.6 Å². The van der Waals surface area contributed by atoms with Crippen molar-refractivity contribution in [2.45, 2.75) is 37.0 Å². The first kappa shape index (κ1) is 19.7. The minimum Gasteiger partial charge on any atom is -0.316 e. The minimum atomic E-state index is -0.711. The highest BCUT2D eigenvalue weighted by atomic mass is 32.2. The second kappa shape index (κ2) is 7.78. The van der Waals surface area contributed by atoms with Crippen molar-refractivity contribution < 1.29 is 13.6 Å². The molecule has 7 heteroatoms. The molecule has 2 aliphatic heterocycles. The molecule has 156 valence electrons. The first-order valence-corrected chi connectivity index (χ1v) is 11.3. The number of thioether (sulfide) groups is 1. The van der Waals surface area contributed by atoms with Crippen LogP contribution in [0.2, 0.25) is 0 Å². The Hall–Kier alpha value is -2.25. The highest BCUT2D eigenvalue weighted by molar-refractivity contribution is 8.15. The Bertz CT molecular complexity index is 1020. The molecule has 2 unspecified atom stereocenters. The van der Waals surface area contributed by atoms with E-state index in [1.54, 1.807) is 5.01 Å². The van der Waals surface area contributed by atoms with Gasteiger partial charge in [-0.05, 0) is 68.0 Å². The summed E-state index contributed by atoms with van der Waals surface area (Å²) < 4.78 is 28.5. The number of carbonyl (C=O) groups is 1. The fraction of sp³-hybridized carbons (Fsp3) is 0.391. The summed E-state index contributed by atoms with van der Waals surface area (Å²) in [5, 5.41) is 9.89. The monoisotopic (exact) mass is 427 g/mol. The Morgan fingerprint density at radius 1 is 1.20 bits per heavy atom. The van der Waals surface area contributed by atoms with E-state index in [1.165, 1.54) is 23.4 Å². The van der Waals surface area contributed by atoms with Crippen molar-refractivity contribution in [1.29, 1.82) is 0 Å². The van der Waals surface area contributed by atoms with Gasteiger partial charge in [0.15, 0.2) is 0 Å². The zero-order valence-corrected chi connectivity index (χ0v) is 17.4. The van der Waals surface area contributed by atoms with E-state index < -0.39 is 16.5 Å². The molecule has 1 saturated heterocycles. The lowest BCUT2D eigenvalue weighted by atomic mass is 9.86. The minimum absolute atomic E-state index is 0.0433. The van der Waals surface area contributed by atoms with Crippen LogP contribution in [0, 0.1) is 17.6 Å². The molecule has 0 saturated carbocycles. The fourth-order valence-electron chi connectivity index (χ4n) is 4.73. The quantitative estimate of drug-likeness (QED) is 0.773. The normalized spacial score (nSPS) is 25.9. The van der Waals surface area contributed by atoms with Gasteiger partial charge in [0.05, 0.1) is 5.92 Å². The lowest BCUT2D eigenvalue weighted by Crippen LogP contribution is -2.48. The molecule has 0 bridgehead atoms. The highest BCUT2D eigenvalue weighted by Crippen LogP contribution is 2.54. The van der Waals surface area contributed by atoms with Gasteiger partial charge in [-0.2, -0.15) is 5.10 Å². The zero-order valence-electron chi connectivity index (χ0n) is 16.5. The second-order valence-electron chi connectivity index (χ2n) is 8.12. The lowest BCUT2D eigenvalue weighted by Gasteiger charge is -2.41. The largest absolute Gasteiger partial charge is 0.316 e. The standard InChI is InChI=1S/C23H23F2N3OS/c24-17-9-10-20(25)18(13-17)21-27-28(22(29)16-7-4-12-26-14-16)23(30-21)11-3-6-15-5-1-2-8-19(15)23/h1-2,5,8-10,13,16,26H,3-4,6-7,11-12,14H2. The summed E-state index contributed by atoms with van der Waals surface area (Å²) in [7, 11) is 0. The maximum absolute atomic E-state index is 14.6. The number of aryl methyl sites for hydroxylation is 1. The number of fused-ring (bicyclic) bond motifs is 2. The predicted octanol–water partition coefficient (Wildman–Crippen LogP) is 4.39. The number of benzene rings is 2. The molecular formula is C23H23F2N3OS. The van der Waals surface area contributed by atoms with Gasteiger partial charge in [-0.3, -0.25) is 4.79 Å². The van der Waals surface area contributed by atoms with Crippen LogP contribution in [0.1, 0.15) is 42.4 Å². The molecule has 1 N–H and O–H groups in total. The first-order valence-electron chi connectivity index (χ1n) is 10.4. The number of halogens is 2. The Kier molecular flexibility index (Phi) is 5.11. The molecule has 1 fully saturated rings. The van der Waals surface area contributed by atoms with E-state index in [1.807, 2.05) is 18.2 Å². The number of nitrogens with one attached hydrogen (secondary N) is 1. The van der Waals surface area contributed by atoms with Crippen LogP contribution in [0.3, 0.4) is 0 Å². The van der Waals surface area contributed by atoms with Gasteiger partial charge in [-0.25, -0.2) is 13.8 Å². The molecule has 1 aliphatic carbocycles. The predicted molar refractivity (Wildman–Crippen MR) is 114 cm³/mol. The van der Waals surface area contributed by atoms with E-state index in [2.05, 4.69) is 16.5 Å². The van der Waals surface area contributed by atoms with Gasteiger partial charge in [-0.15, -0.1) is 0 Å². The van der Waals surface area contributed by atoms with Crippen molar-refractivity contribution in [2.24, 2.45) is 11.0 Å². The molecule has 0 radical (unpaired) electrons. The third kappa shape index (κ3) is 3.24. The van der Waals surface area contributed by atoms with Crippen molar-refractivity contribution in [2.75, 3.05) is 13.1 Å². The number of nitrogens with zero attached hydrogens (tertiary/aromatic N) is 2. The Balaban J connectivity index is 1.62. The topological polar surface area (TPSA) is 44.7 Å². The zero-order chi connectivity index (χ0) is 20.7. The summed E-state index contributed by atoms with van der Waals surface area (Å²) in [4.78, 5) is 12.9. The number of rotatable bonds is 2. The van der Waals surface area contributed by atoms with Crippen LogP contribution in [0.4, 0.5) is 8.78 Å². The molecule has 2 heterocycles. The van der Waals surface area contributed by atoms with E-state index >= 15 is 0 Å². The number of amides is 1.